The Labute approximate surface area is 191 Å². The van der Waals surface area contributed by atoms with Gasteiger partial charge in [-0.15, -0.1) is 0 Å². The van der Waals surface area contributed by atoms with Gasteiger partial charge in [-0.3, -0.25) is 9.13 Å². The van der Waals surface area contributed by atoms with Gasteiger partial charge in [-0.25, -0.2) is 4.68 Å². The first-order chi connectivity index (χ1) is 15.4. The van der Waals surface area contributed by atoms with E-state index in [1.807, 2.05) is 0 Å². The SMILES string of the molecule is O=P(O)(O)CP(=O)(O)OC[C@H]1O[C@@H](n2ncc3c(N[C@H]4CCOC4)nc(Cl)nc32)[C@H](O)[C@@H]1O. The zero-order valence-electron chi connectivity index (χ0n) is 16.8. The maximum atomic E-state index is 11.9. The van der Waals surface area contributed by atoms with Gasteiger partial charge in [0, 0.05) is 6.61 Å². The molecule has 33 heavy (non-hydrogen) atoms. The summed E-state index contributed by atoms with van der Waals surface area (Å²) in [7, 11) is -9.50. The molecule has 2 aromatic rings. The monoisotopic (exact) mass is 529 g/mol. The van der Waals surface area contributed by atoms with Crippen LogP contribution in [0.1, 0.15) is 12.6 Å². The van der Waals surface area contributed by atoms with Crippen molar-refractivity contribution in [2.75, 3.05) is 31.0 Å². The molecule has 2 aromatic heterocycles. The predicted molar refractivity (Wildman–Crippen MR) is 112 cm³/mol. The number of nitrogens with zero attached hydrogens (tertiary/aromatic N) is 4. The quantitative estimate of drug-likeness (QED) is 0.190. The highest BCUT2D eigenvalue weighted by molar-refractivity contribution is 7.70. The zero-order valence-corrected chi connectivity index (χ0v) is 19.4. The van der Waals surface area contributed by atoms with Crippen molar-refractivity contribution < 1.29 is 48.0 Å². The second-order valence-electron chi connectivity index (χ2n) is 7.66. The summed E-state index contributed by atoms with van der Waals surface area (Å²) in [4.78, 5) is 35.7. The highest BCUT2D eigenvalue weighted by atomic mass is 35.5. The molecule has 2 aliphatic rings. The molecule has 4 heterocycles. The van der Waals surface area contributed by atoms with E-state index in [2.05, 4.69) is 20.4 Å². The standard InChI is InChI=1S/C15H22ClN5O10P2/c16-15-19-12(18-7-1-2-29-4-7)8-3-17-21(13(8)20-15)14-11(23)10(22)9(31-14)5-30-33(27,28)6-32(24,25)26/h3,7,9-11,14,22-23H,1-2,4-6H2,(H,27,28)(H,18,19,20)(H2,24,25,26)/t7-,9+,10+,11+,14+/m0/s1. The lowest BCUT2D eigenvalue weighted by atomic mass is 10.1. The number of aromatic nitrogens is 4. The van der Waals surface area contributed by atoms with Gasteiger partial charge in [-0.1, -0.05) is 0 Å². The van der Waals surface area contributed by atoms with E-state index in [4.69, 9.17) is 35.4 Å². The molecular formula is C15H22ClN5O10P2. The third-order valence-electron chi connectivity index (χ3n) is 5.08. The number of aliphatic hydroxyl groups is 2. The number of aliphatic hydroxyl groups excluding tert-OH is 2. The summed E-state index contributed by atoms with van der Waals surface area (Å²) in [6, 6.07) is 0.0153. The Morgan fingerprint density at radius 3 is 2.67 bits per heavy atom. The number of hydrogen-bond acceptors (Lipinski definition) is 11. The van der Waals surface area contributed by atoms with Crippen LogP contribution in [0.25, 0.3) is 11.0 Å². The molecule has 0 aromatic carbocycles. The van der Waals surface area contributed by atoms with Gasteiger partial charge in [0.15, 0.2) is 17.8 Å². The van der Waals surface area contributed by atoms with E-state index in [0.29, 0.717) is 24.4 Å². The summed E-state index contributed by atoms with van der Waals surface area (Å²) in [5.41, 5.74) is 0.198. The van der Waals surface area contributed by atoms with E-state index in [1.54, 1.807) is 0 Å². The number of rotatable bonds is 8. The van der Waals surface area contributed by atoms with E-state index >= 15 is 0 Å². The fourth-order valence-corrected chi connectivity index (χ4v) is 6.30. The van der Waals surface area contributed by atoms with Crippen molar-refractivity contribution in [1.82, 2.24) is 19.7 Å². The van der Waals surface area contributed by atoms with Gasteiger partial charge in [-0.2, -0.15) is 15.1 Å². The average Bonchev–Trinajstić information content (AvgIpc) is 3.40. The molecule has 0 saturated carbocycles. The van der Waals surface area contributed by atoms with Gasteiger partial charge >= 0.3 is 15.2 Å². The lowest BCUT2D eigenvalue weighted by molar-refractivity contribution is -0.0541. The van der Waals surface area contributed by atoms with Crippen molar-refractivity contribution in [3.05, 3.63) is 11.5 Å². The zero-order chi connectivity index (χ0) is 24.0. The summed E-state index contributed by atoms with van der Waals surface area (Å²) >= 11 is 6.06. The summed E-state index contributed by atoms with van der Waals surface area (Å²) in [5, 5.41) is 28.6. The highest BCUT2D eigenvalue weighted by Gasteiger charge is 2.46. The third-order valence-corrected chi connectivity index (χ3v) is 8.70. The molecule has 2 saturated heterocycles. The molecule has 6 atom stereocenters. The molecule has 2 fully saturated rings. The van der Waals surface area contributed by atoms with Crippen LogP contribution in [0.4, 0.5) is 5.82 Å². The summed E-state index contributed by atoms with van der Waals surface area (Å²) in [5.74, 6) is -0.992. The molecule has 0 spiro atoms. The molecule has 6 N–H and O–H groups in total. The molecule has 18 heteroatoms. The average molecular weight is 530 g/mol. The molecule has 0 radical (unpaired) electrons. The van der Waals surface area contributed by atoms with Gasteiger partial charge in [0.05, 0.1) is 30.8 Å². The minimum Gasteiger partial charge on any atom is -0.387 e. The maximum Gasteiger partial charge on any atom is 0.340 e. The molecule has 184 valence electrons. The Balaban J connectivity index is 1.53. The van der Waals surface area contributed by atoms with Crippen LogP contribution in [0.15, 0.2) is 6.20 Å². The van der Waals surface area contributed by atoms with Crippen LogP contribution in [-0.4, -0.2) is 94.7 Å². The van der Waals surface area contributed by atoms with Crippen LogP contribution in [0.3, 0.4) is 0 Å². The molecule has 4 rings (SSSR count). The van der Waals surface area contributed by atoms with Crippen molar-refractivity contribution in [1.29, 1.82) is 0 Å². The number of ether oxygens (including phenoxy) is 2. The van der Waals surface area contributed by atoms with Crippen molar-refractivity contribution in [2.24, 2.45) is 0 Å². The molecule has 0 bridgehead atoms. The number of hydrogen-bond donors (Lipinski definition) is 6. The number of nitrogens with one attached hydrogen (secondary N) is 1. The molecule has 2 aliphatic heterocycles. The molecule has 1 unspecified atom stereocenters. The van der Waals surface area contributed by atoms with E-state index in [0.717, 1.165) is 6.42 Å². The van der Waals surface area contributed by atoms with Crippen LogP contribution in [0.2, 0.25) is 5.28 Å². The van der Waals surface area contributed by atoms with E-state index in [9.17, 15) is 24.2 Å². The van der Waals surface area contributed by atoms with Crippen LogP contribution >= 0.6 is 26.8 Å². The van der Waals surface area contributed by atoms with Gasteiger partial charge in [-0.05, 0) is 18.0 Å². The predicted octanol–water partition coefficient (Wildman–Crippen LogP) is -0.363. The second kappa shape index (κ2) is 9.44. The Hall–Kier alpha value is -1.22. The smallest absolute Gasteiger partial charge is 0.340 e. The number of anilines is 1. The van der Waals surface area contributed by atoms with Crippen molar-refractivity contribution in [2.45, 2.75) is 37.0 Å². The van der Waals surface area contributed by atoms with E-state index in [-0.39, 0.29) is 17.0 Å². The molecule has 0 amide bonds. The lowest BCUT2D eigenvalue weighted by Gasteiger charge is -2.18. The normalized spacial score (nSPS) is 30.1. The number of halogens is 1. The second-order valence-corrected chi connectivity index (χ2v) is 12.0. The fraction of sp³-hybridized carbons (Fsp3) is 0.667. The van der Waals surface area contributed by atoms with Gasteiger partial charge in [0.1, 0.15) is 24.1 Å². The van der Waals surface area contributed by atoms with Gasteiger partial charge < -0.3 is 44.2 Å². The Morgan fingerprint density at radius 1 is 1.24 bits per heavy atom. The lowest BCUT2D eigenvalue weighted by Crippen LogP contribution is -2.33. The summed E-state index contributed by atoms with van der Waals surface area (Å²) < 4.78 is 39.6. The van der Waals surface area contributed by atoms with Crippen LogP contribution in [0.5, 0.6) is 0 Å². The van der Waals surface area contributed by atoms with Crippen molar-refractivity contribution in [3.63, 3.8) is 0 Å². The Bertz CT molecular complexity index is 1110. The molecular weight excluding hydrogens is 508 g/mol. The van der Waals surface area contributed by atoms with Crippen molar-refractivity contribution >= 4 is 43.6 Å². The maximum absolute atomic E-state index is 11.9. The first kappa shape index (κ1) is 24.9. The minimum absolute atomic E-state index is 0.0153. The summed E-state index contributed by atoms with van der Waals surface area (Å²) in [6.45, 7) is 0.384. The van der Waals surface area contributed by atoms with Crippen LogP contribution in [-0.2, 0) is 23.1 Å². The van der Waals surface area contributed by atoms with E-state index in [1.165, 1.54) is 10.9 Å². The van der Waals surface area contributed by atoms with Gasteiger partial charge in [0.2, 0.25) is 5.28 Å². The highest BCUT2D eigenvalue weighted by Crippen LogP contribution is 2.55. The number of fused-ring (bicyclic) bond motifs is 1. The Kier molecular flexibility index (Phi) is 7.12. The van der Waals surface area contributed by atoms with Crippen LogP contribution < -0.4 is 5.32 Å². The van der Waals surface area contributed by atoms with Crippen molar-refractivity contribution in [3.8, 4) is 0 Å². The van der Waals surface area contributed by atoms with E-state index < -0.39 is 52.2 Å². The largest absolute Gasteiger partial charge is 0.387 e. The van der Waals surface area contributed by atoms with Gasteiger partial charge in [0.25, 0.3) is 0 Å². The first-order valence-corrected chi connectivity index (χ1v) is 13.6. The topological polar surface area (TPSA) is 219 Å². The molecule has 0 aliphatic carbocycles. The summed E-state index contributed by atoms with van der Waals surface area (Å²) in [6.07, 6.45) is -3.46. The minimum atomic E-state index is -4.82. The Morgan fingerprint density at radius 2 is 2.00 bits per heavy atom. The van der Waals surface area contributed by atoms with Crippen LogP contribution in [0, 0.1) is 0 Å². The fourth-order valence-electron chi connectivity index (χ4n) is 3.57. The molecule has 15 nitrogen and oxygen atoms in total. The third kappa shape index (κ3) is 5.72. The first-order valence-electron chi connectivity index (χ1n) is 9.71.